The number of nitrogens with zero attached hydrogens (tertiary/aromatic N) is 1. The number of aliphatic hydroxyl groups is 1. The van der Waals surface area contributed by atoms with Crippen molar-refractivity contribution in [1.82, 2.24) is 4.90 Å². The van der Waals surface area contributed by atoms with Crippen molar-refractivity contribution >= 4 is 5.91 Å². The van der Waals surface area contributed by atoms with E-state index < -0.39 is 11.5 Å². The largest absolute Gasteiger partial charge is 0.497 e. The van der Waals surface area contributed by atoms with Crippen LogP contribution in [0.2, 0.25) is 0 Å². The molecule has 2 atom stereocenters. The van der Waals surface area contributed by atoms with Crippen molar-refractivity contribution in [2.45, 2.75) is 38.0 Å². The molecular formula is C21H26N2O3. The van der Waals surface area contributed by atoms with Crippen molar-refractivity contribution in [3.8, 4) is 5.75 Å². The summed E-state index contributed by atoms with van der Waals surface area (Å²) in [5.74, 6) is 0.353. The Morgan fingerprint density at radius 2 is 2.04 bits per heavy atom. The first-order chi connectivity index (χ1) is 12.4. The van der Waals surface area contributed by atoms with Gasteiger partial charge in [0, 0.05) is 18.2 Å². The molecule has 5 heteroatoms. The number of carbonyl (C=O) groups excluding carboxylic acids is 1. The zero-order valence-corrected chi connectivity index (χ0v) is 15.3. The fourth-order valence-electron chi connectivity index (χ4n) is 3.83. The molecule has 0 aromatic heterocycles. The zero-order valence-electron chi connectivity index (χ0n) is 15.3. The number of methoxy groups -OCH3 is 1. The molecule has 0 saturated carbocycles. The number of carbonyl (C=O) groups is 1. The number of hydrogen-bond acceptors (Lipinski definition) is 4. The maximum atomic E-state index is 11.4. The van der Waals surface area contributed by atoms with Gasteiger partial charge in [0.05, 0.1) is 7.11 Å². The van der Waals surface area contributed by atoms with Crippen LogP contribution >= 0.6 is 0 Å². The number of rotatable bonds is 6. The van der Waals surface area contributed by atoms with Crippen LogP contribution in [-0.4, -0.2) is 35.6 Å². The summed E-state index contributed by atoms with van der Waals surface area (Å²) in [7, 11) is 1.63. The van der Waals surface area contributed by atoms with Gasteiger partial charge in [-0.05, 0) is 61.7 Å². The van der Waals surface area contributed by atoms with Crippen LogP contribution in [0.3, 0.4) is 0 Å². The van der Waals surface area contributed by atoms with Gasteiger partial charge in [-0.3, -0.25) is 9.69 Å². The quantitative estimate of drug-likeness (QED) is 0.836. The summed E-state index contributed by atoms with van der Waals surface area (Å²) < 4.78 is 5.21. The third-order valence-corrected chi connectivity index (χ3v) is 5.28. The number of primary amides is 1. The molecule has 2 aromatic rings. The SMILES string of the molecule is COc1ccc([C@](C)(O)[C@H]2CCCN2Cc2cccc(C(N)=O)c2)cc1. The molecule has 0 spiro atoms. The monoisotopic (exact) mass is 354 g/mol. The third kappa shape index (κ3) is 3.74. The van der Waals surface area contributed by atoms with Crippen molar-refractivity contribution in [3.63, 3.8) is 0 Å². The third-order valence-electron chi connectivity index (χ3n) is 5.28. The summed E-state index contributed by atoms with van der Waals surface area (Å²) in [4.78, 5) is 13.7. The van der Waals surface area contributed by atoms with Crippen molar-refractivity contribution in [2.75, 3.05) is 13.7 Å². The second-order valence-electron chi connectivity index (χ2n) is 7.07. The summed E-state index contributed by atoms with van der Waals surface area (Å²) >= 11 is 0. The first-order valence-corrected chi connectivity index (χ1v) is 8.91. The van der Waals surface area contributed by atoms with Crippen LogP contribution in [0, 0.1) is 0 Å². The molecule has 0 aliphatic carbocycles. The fraction of sp³-hybridized carbons (Fsp3) is 0.381. The molecule has 1 amide bonds. The number of hydrogen-bond donors (Lipinski definition) is 2. The molecule has 1 fully saturated rings. The zero-order chi connectivity index (χ0) is 18.7. The second-order valence-corrected chi connectivity index (χ2v) is 7.07. The van der Waals surface area contributed by atoms with E-state index in [1.165, 1.54) is 0 Å². The van der Waals surface area contributed by atoms with Crippen molar-refractivity contribution < 1.29 is 14.6 Å². The molecule has 26 heavy (non-hydrogen) atoms. The highest BCUT2D eigenvalue weighted by Gasteiger charge is 2.40. The number of nitrogens with two attached hydrogens (primary N) is 1. The Morgan fingerprint density at radius 3 is 2.69 bits per heavy atom. The van der Waals surface area contributed by atoms with E-state index >= 15 is 0 Å². The van der Waals surface area contributed by atoms with Crippen LogP contribution in [0.15, 0.2) is 48.5 Å². The maximum Gasteiger partial charge on any atom is 0.248 e. The van der Waals surface area contributed by atoms with Crippen molar-refractivity contribution in [2.24, 2.45) is 5.73 Å². The van der Waals surface area contributed by atoms with Gasteiger partial charge >= 0.3 is 0 Å². The maximum absolute atomic E-state index is 11.4. The molecule has 1 saturated heterocycles. The summed E-state index contributed by atoms with van der Waals surface area (Å²) in [5, 5.41) is 11.3. The van der Waals surface area contributed by atoms with Gasteiger partial charge < -0.3 is 15.6 Å². The van der Waals surface area contributed by atoms with E-state index in [1.807, 2.05) is 49.4 Å². The Labute approximate surface area is 154 Å². The Kier molecular flexibility index (Phi) is 5.30. The normalized spacial score (nSPS) is 19.9. The van der Waals surface area contributed by atoms with E-state index in [4.69, 9.17) is 10.5 Å². The lowest BCUT2D eigenvalue weighted by molar-refractivity contribution is -0.0254. The van der Waals surface area contributed by atoms with Gasteiger partial charge in [-0.15, -0.1) is 0 Å². The minimum Gasteiger partial charge on any atom is -0.497 e. The molecule has 2 aromatic carbocycles. The predicted molar refractivity (Wildman–Crippen MR) is 101 cm³/mol. The van der Waals surface area contributed by atoms with E-state index in [0.717, 1.165) is 36.3 Å². The number of benzene rings is 2. The topological polar surface area (TPSA) is 75.8 Å². The van der Waals surface area contributed by atoms with Gasteiger partial charge in [-0.25, -0.2) is 0 Å². The van der Waals surface area contributed by atoms with E-state index in [-0.39, 0.29) is 6.04 Å². The molecule has 138 valence electrons. The number of likely N-dealkylation sites (tertiary alicyclic amines) is 1. The van der Waals surface area contributed by atoms with E-state index in [2.05, 4.69) is 4.90 Å². The highest BCUT2D eigenvalue weighted by atomic mass is 16.5. The molecule has 0 bridgehead atoms. The summed E-state index contributed by atoms with van der Waals surface area (Å²) in [6.07, 6.45) is 1.96. The van der Waals surface area contributed by atoms with Crippen molar-refractivity contribution in [3.05, 3.63) is 65.2 Å². The van der Waals surface area contributed by atoms with Gasteiger partial charge in [0.2, 0.25) is 5.91 Å². The molecule has 1 aliphatic rings. The van der Waals surface area contributed by atoms with Crippen LogP contribution in [0.1, 0.15) is 41.3 Å². The summed E-state index contributed by atoms with van der Waals surface area (Å²) in [6.45, 7) is 3.47. The van der Waals surface area contributed by atoms with Crippen LogP contribution < -0.4 is 10.5 Å². The summed E-state index contributed by atoms with van der Waals surface area (Å²) in [5.41, 5.74) is 6.83. The predicted octanol–water partition coefficient (Wildman–Crippen LogP) is 2.67. The van der Waals surface area contributed by atoms with Gasteiger partial charge in [-0.2, -0.15) is 0 Å². The molecule has 0 radical (unpaired) electrons. The molecule has 3 N–H and O–H groups in total. The lowest BCUT2D eigenvalue weighted by atomic mass is 9.86. The minimum atomic E-state index is -0.968. The van der Waals surface area contributed by atoms with E-state index in [1.54, 1.807) is 13.2 Å². The molecule has 0 unspecified atom stereocenters. The fourth-order valence-corrected chi connectivity index (χ4v) is 3.83. The number of amides is 1. The highest BCUT2D eigenvalue weighted by molar-refractivity contribution is 5.92. The molecule has 5 nitrogen and oxygen atoms in total. The van der Waals surface area contributed by atoms with Gasteiger partial charge in [0.1, 0.15) is 11.4 Å². The highest BCUT2D eigenvalue weighted by Crippen LogP contribution is 2.36. The minimum absolute atomic E-state index is 0.00753. The first kappa shape index (κ1) is 18.4. The van der Waals surface area contributed by atoms with Gasteiger partial charge in [-0.1, -0.05) is 24.3 Å². The van der Waals surface area contributed by atoms with Crippen molar-refractivity contribution in [1.29, 1.82) is 0 Å². The molecule has 1 aliphatic heterocycles. The average molecular weight is 354 g/mol. The smallest absolute Gasteiger partial charge is 0.248 e. The lowest BCUT2D eigenvalue weighted by Gasteiger charge is -2.37. The number of ether oxygens (including phenoxy) is 1. The Hall–Kier alpha value is -2.37. The van der Waals surface area contributed by atoms with Gasteiger partial charge in [0.15, 0.2) is 0 Å². The van der Waals surface area contributed by atoms with Gasteiger partial charge in [0.25, 0.3) is 0 Å². The van der Waals surface area contributed by atoms with E-state index in [9.17, 15) is 9.90 Å². The molecular weight excluding hydrogens is 328 g/mol. The van der Waals surface area contributed by atoms with E-state index in [0.29, 0.717) is 12.1 Å². The molecule has 3 rings (SSSR count). The Morgan fingerprint density at radius 1 is 1.31 bits per heavy atom. The standard InChI is InChI=1S/C21H26N2O3/c1-21(25,17-8-10-18(26-2)11-9-17)19-7-4-12-23(19)14-15-5-3-6-16(13-15)20(22)24/h3,5-6,8-11,13,19,25H,4,7,12,14H2,1-2H3,(H2,22,24)/t19-,21+/m1/s1. The Bertz CT molecular complexity index is 771. The van der Waals surface area contributed by atoms with Crippen LogP contribution in [-0.2, 0) is 12.1 Å². The lowest BCUT2D eigenvalue weighted by Crippen LogP contribution is -2.45. The molecule has 1 heterocycles. The average Bonchev–Trinajstić information content (AvgIpc) is 3.11. The summed E-state index contributed by atoms with van der Waals surface area (Å²) in [6, 6.07) is 15.0. The first-order valence-electron chi connectivity index (χ1n) is 8.91. The van der Waals surface area contributed by atoms with Crippen LogP contribution in [0.4, 0.5) is 0 Å². The second kappa shape index (κ2) is 7.48. The Balaban J connectivity index is 1.80. The van der Waals surface area contributed by atoms with Crippen LogP contribution in [0.5, 0.6) is 5.75 Å². The van der Waals surface area contributed by atoms with Crippen LogP contribution in [0.25, 0.3) is 0 Å².